The van der Waals surface area contributed by atoms with Gasteiger partial charge in [-0.2, -0.15) is 0 Å². The Morgan fingerprint density at radius 1 is 1.18 bits per heavy atom. The van der Waals surface area contributed by atoms with Crippen LogP contribution in [0.15, 0.2) is 24.5 Å². The molecular formula is C17H23N3OS. The van der Waals surface area contributed by atoms with Gasteiger partial charge in [0, 0.05) is 29.4 Å². The summed E-state index contributed by atoms with van der Waals surface area (Å²) in [5.41, 5.74) is 1.59. The number of nitrogens with zero attached hydrogens (tertiary/aromatic N) is 2. The number of unbranched alkanes of at least 4 members (excludes halogenated alkanes) is 3. The molecule has 0 radical (unpaired) electrons. The average Bonchev–Trinajstić information content (AvgIpc) is 3.00. The van der Waals surface area contributed by atoms with Crippen molar-refractivity contribution >= 4 is 17.2 Å². The molecule has 2 aromatic rings. The van der Waals surface area contributed by atoms with Crippen LogP contribution in [-0.4, -0.2) is 22.4 Å². The van der Waals surface area contributed by atoms with Gasteiger partial charge in [0.1, 0.15) is 10.7 Å². The first-order chi connectivity index (χ1) is 10.8. The number of nitrogens with one attached hydrogen (secondary N) is 1. The molecule has 2 rings (SSSR count). The SMILES string of the molecule is CCCCCCNC(=O)c1nc(-c2ccncc2)sc1CC. The Bertz CT molecular complexity index is 595. The van der Waals surface area contributed by atoms with Gasteiger partial charge in [0.25, 0.3) is 5.91 Å². The number of carbonyl (C=O) groups excluding carboxylic acids is 1. The summed E-state index contributed by atoms with van der Waals surface area (Å²) in [7, 11) is 0. The summed E-state index contributed by atoms with van der Waals surface area (Å²) in [4.78, 5) is 21.9. The van der Waals surface area contributed by atoms with E-state index in [1.807, 2.05) is 12.1 Å². The van der Waals surface area contributed by atoms with Gasteiger partial charge >= 0.3 is 0 Å². The number of hydrogen-bond donors (Lipinski definition) is 1. The van der Waals surface area contributed by atoms with E-state index in [1.165, 1.54) is 12.8 Å². The van der Waals surface area contributed by atoms with Crippen LogP contribution in [-0.2, 0) is 6.42 Å². The van der Waals surface area contributed by atoms with E-state index < -0.39 is 0 Å². The van der Waals surface area contributed by atoms with Crippen molar-refractivity contribution in [2.45, 2.75) is 46.0 Å². The van der Waals surface area contributed by atoms with Gasteiger partial charge in [-0.3, -0.25) is 9.78 Å². The third-order valence-corrected chi connectivity index (χ3v) is 4.73. The molecule has 0 aromatic carbocycles. The van der Waals surface area contributed by atoms with Crippen LogP contribution in [0.4, 0.5) is 0 Å². The number of hydrogen-bond acceptors (Lipinski definition) is 4. The van der Waals surface area contributed by atoms with Crippen LogP contribution in [0.5, 0.6) is 0 Å². The van der Waals surface area contributed by atoms with Crippen LogP contribution in [0.1, 0.15) is 54.9 Å². The number of carbonyl (C=O) groups is 1. The lowest BCUT2D eigenvalue weighted by Gasteiger charge is -2.04. The van der Waals surface area contributed by atoms with Gasteiger partial charge in [0.15, 0.2) is 0 Å². The second-order valence-corrected chi connectivity index (χ2v) is 6.28. The van der Waals surface area contributed by atoms with Gasteiger partial charge in [-0.25, -0.2) is 4.98 Å². The molecule has 0 fully saturated rings. The van der Waals surface area contributed by atoms with Crippen LogP contribution >= 0.6 is 11.3 Å². The Morgan fingerprint density at radius 3 is 2.64 bits per heavy atom. The monoisotopic (exact) mass is 317 g/mol. The first-order valence-corrected chi connectivity index (χ1v) is 8.76. The normalized spacial score (nSPS) is 10.6. The minimum Gasteiger partial charge on any atom is -0.351 e. The van der Waals surface area contributed by atoms with E-state index in [4.69, 9.17) is 0 Å². The third-order valence-electron chi connectivity index (χ3n) is 3.48. The summed E-state index contributed by atoms with van der Waals surface area (Å²) < 4.78 is 0. The zero-order valence-corrected chi connectivity index (χ0v) is 14.1. The molecule has 118 valence electrons. The van der Waals surface area contributed by atoms with Gasteiger partial charge in [0.05, 0.1) is 0 Å². The van der Waals surface area contributed by atoms with Crippen LogP contribution < -0.4 is 5.32 Å². The molecule has 0 saturated carbocycles. The summed E-state index contributed by atoms with van der Waals surface area (Å²) in [6.07, 6.45) is 8.93. The van der Waals surface area contributed by atoms with Crippen molar-refractivity contribution in [3.05, 3.63) is 35.1 Å². The fourth-order valence-electron chi connectivity index (χ4n) is 2.22. The lowest BCUT2D eigenvalue weighted by molar-refractivity contribution is 0.0948. The first kappa shape index (κ1) is 16.6. The third kappa shape index (κ3) is 4.37. The molecule has 1 amide bonds. The minimum atomic E-state index is -0.0510. The molecule has 0 aliphatic rings. The van der Waals surface area contributed by atoms with Crippen molar-refractivity contribution in [3.8, 4) is 10.6 Å². The lowest BCUT2D eigenvalue weighted by Crippen LogP contribution is -2.25. The average molecular weight is 317 g/mol. The molecule has 1 N–H and O–H groups in total. The van der Waals surface area contributed by atoms with E-state index in [9.17, 15) is 4.79 Å². The van der Waals surface area contributed by atoms with Crippen LogP contribution in [0.25, 0.3) is 10.6 Å². The van der Waals surface area contributed by atoms with Crippen LogP contribution in [0.3, 0.4) is 0 Å². The Hall–Kier alpha value is -1.75. The van der Waals surface area contributed by atoms with Crippen LogP contribution in [0.2, 0.25) is 0 Å². The highest BCUT2D eigenvalue weighted by Crippen LogP contribution is 2.28. The maximum absolute atomic E-state index is 12.3. The van der Waals surface area contributed by atoms with Gasteiger partial charge in [-0.15, -0.1) is 11.3 Å². The topological polar surface area (TPSA) is 54.9 Å². The molecule has 0 bridgehead atoms. The summed E-state index contributed by atoms with van der Waals surface area (Å²) in [5, 5.41) is 3.87. The quantitative estimate of drug-likeness (QED) is 0.746. The zero-order valence-electron chi connectivity index (χ0n) is 13.3. The Balaban J connectivity index is 2.03. The second kappa shape index (κ2) is 8.63. The first-order valence-electron chi connectivity index (χ1n) is 7.94. The highest BCUT2D eigenvalue weighted by atomic mass is 32.1. The molecule has 0 unspecified atom stereocenters. The summed E-state index contributed by atoms with van der Waals surface area (Å²) >= 11 is 1.59. The predicted molar refractivity (Wildman–Crippen MR) is 91.2 cm³/mol. The molecule has 0 aliphatic carbocycles. The Kier molecular flexibility index (Phi) is 6.52. The number of aromatic nitrogens is 2. The van der Waals surface area contributed by atoms with Crippen molar-refractivity contribution < 1.29 is 4.79 Å². The van der Waals surface area contributed by atoms with Gasteiger partial charge < -0.3 is 5.32 Å². The standard InChI is InChI=1S/C17H23N3OS/c1-3-5-6-7-10-19-16(21)15-14(4-2)22-17(20-15)13-8-11-18-12-9-13/h8-9,11-12H,3-7,10H2,1-2H3,(H,19,21). The molecule has 2 heterocycles. The fraction of sp³-hybridized carbons (Fsp3) is 0.471. The predicted octanol–water partition coefficient (Wildman–Crippen LogP) is 4.08. The molecule has 0 atom stereocenters. The fourth-order valence-corrected chi connectivity index (χ4v) is 3.23. The molecular weight excluding hydrogens is 294 g/mol. The maximum atomic E-state index is 12.3. The largest absolute Gasteiger partial charge is 0.351 e. The van der Waals surface area contributed by atoms with E-state index in [0.29, 0.717) is 5.69 Å². The molecule has 22 heavy (non-hydrogen) atoms. The summed E-state index contributed by atoms with van der Waals surface area (Å²) in [6.45, 7) is 4.97. The van der Waals surface area contributed by atoms with E-state index in [2.05, 4.69) is 29.1 Å². The van der Waals surface area contributed by atoms with Crippen molar-refractivity contribution in [1.82, 2.24) is 15.3 Å². The number of rotatable bonds is 8. The van der Waals surface area contributed by atoms with Gasteiger partial charge in [-0.05, 0) is 25.0 Å². The second-order valence-electron chi connectivity index (χ2n) is 5.20. The number of amides is 1. The lowest BCUT2D eigenvalue weighted by atomic mass is 10.2. The molecule has 4 nitrogen and oxygen atoms in total. The smallest absolute Gasteiger partial charge is 0.271 e. The molecule has 0 aliphatic heterocycles. The Morgan fingerprint density at radius 2 is 1.95 bits per heavy atom. The molecule has 2 aromatic heterocycles. The number of thiazole rings is 1. The minimum absolute atomic E-state index is 0.0510. The number of pyridine rings is 1. The van der Waals surface area contributed by atoms with Crippen LogP contribution in [0, 0.1) is 0 Å². The number of aryl methyl sites for hydroxylation is 1. The van der Waals surface area contributed by atoms with Crippen molar-refractivity contribution in [2.24, 2.45) is 0 Å². The molecule has 0 saturated heterocycles. The Labute approximate surface area is 136 Å². The van der Waals surface area contributed by atoms with E-state index in [-0.39, 0.29) is 5.91 Å². The zero-order chi connectivity index (χ0) is 15.8. The maximum Gasteiger partial charge on any atom is 0.271 e. The highest BCUT2D eigenvalue weighted by Gasteiger charge is 2.17. The van der Waals surface area contributed by atoms with Crippen molar-refractivity contribution in [2.75, 3.05) is 6.54 Å². The highest BCUT2D eigenvalue weighted by molar-refractivity contribution is 7.15. The molecule has 5 heteroatoms. The van der Waals surface area contributed by atoms with Crippen molar-refractivity contribution in [1.29, 1.82) is 0 Å². The van der Waals surface area contributed by atoms with Gasteiger partial charge in [0.2, 0.25) is 0 Å². The summed E-state index contributed by atoms with van der Waals surface area (Å²) in [6, 6.07) is 3.84. The van der Waals surface area contributed by atoms with E-state index in [0.717, 1.165) is 41.3 Å². The van der Waals surface area contributed by atoms with Gasteiger partial charge in [-0.1, -0.05) is 33.1 Å². The van der Waals surface area contributed by atoms with E-state index in [1.54, 1.807) is 23.7 Å². The van der Waals surface area contributed by atoms with Crippen molar-refractivity contribution in [3.63, 3.8) is 0 Å². The van der Waals surface area contributed by atoms with E-state index >= 15 is 0 Å². The summed E-state index contributed by atoms with van der Waals surface area (Å²) in [5.74, 6) is -0.0510. The molecule has 0 spiro atoms.